The van der Waals surface area contributed by atoms with E-state index in [4.69, 9.17) is 5.11 Å². The van der Waals surface area contributed by atoms with Gasteiger partial charge in [-0.2, -0.15) is 0 Å². The Kier molecular flexibility index (Phi) is 10.1. The molecule has 4 nitrogen and oxygen atoms in total. The van der Waals surface area contributed by atoms with Crippen LogP contribution in [0.2, 0.25) is 0 Å². The van der Waals surface area contributed by atoms with Gasteiger partial charge in [0.1, 0.15) is 5.03 Å². The number of rotatable bonds is 9. The van der Waals surface area contributed by atoms with Crippen LogP contribution in [-0.2, 0) is 0 Å². The number of hydrogen-bond acceptors (Lipinski definition) is 6. The van der Waals surface area contributed by atoms with E-state index >= 15 is 0 Å². The molecule has 0 radical (unpaired) electrons. The summed E-state index contributed by atoms with van der Waals surface area (Å²) in [5, 5.41) is 9.94. The third-order valence-electron chi connectivity index (χ3n) is 3.07. The summed E-state index contributed by atoms with van der Waals surface area (Å²) >= 11 is 0. The highest BCUT2D eigenvalue weighted by Crippen LogP contribution is 2.30. The SMILES string of the molecule is C=C/C=N\C(=C/C)SSCCN1CCN(CCO)CC1. The Hall–Kier alpha value is -0.270. The third kappa shape index (κ3) is 7.50. The van der Waals surface area contributed by atoms with Gasteiger partial charge in [0.25, 0.3) is 0 Å². The van der Waals surface area contributed by atoms with Gasteiger partial charge >= 0.3 is 0 Å². The zero-order valence-electron chi connectivity index (χ0n) is 12.2. The molecule has 0 saturated carbocycles. The summed E-state index contributed by atoms with van der Waals surface area (Å²) in [5.41, 5.74) is 0. The molecule has 0 aromatic carbocycles. The van der Waals surface area contributed by atoms with Gasteiger partial charge in [-0.25, -0.2) is 4.99 Å². The van der Waals surface area contributed by atoms with E-state index in [0.717, 1.165) is 50.1 Å². The smallest absolute Gasteiger partial charge is 0.102 e. The second kappa shape index (κ2) is 11.4. The van der Waals surface area contributed by atoms with Crippen LogP contribution in [0, 0.1) is 0 Å². The lowest BCUT2D eigenvalue weighted by Crippen LogP contribution is -2.47. The Balaban J connectivity index is 2.10. The first-order valence-electron chi connectivity index (χ1n) is 6.96. The molecule has 1 fully saturated rings. The normalized spacial score (nSPS) is 18.8. The first kappa shape index (κ1) is 17.8. The molecule has 1 aliphatic rings. The zero-order valence-corrected chi connectivity index (χ0v) is 13.8. The summed E-state index contributed by atoms with van der Waals surface area (Å²) in [6.07, 6.45) is 5.44. The number of aliphatic hydroxyl groups is 1. The highest BCUT2D eigenvalue weighted by molar-refractivity contribution is 8.78. The molecule has 114 valence electrons. The topological polar surface area (TPSA) is 39.1 Å². The van der Waals surface area contributed by atoms with Crippen molar-refractivity contribution in [1.29, 1.82) is 0 Å². The minimum Gasteiger partial charge on any atom is -0.395 e. The molecule has 1 heterocycles. The van der Waals surface area contributed by atoms with Gasteiger partial charge in [0.2, 0.25) is 0 Å². The van der Waals surface area contributed by atoms with Crippen molar-refractivity contribution >= 4 is 27.8 Å². The fourth-order valence-corrected chi connectivity index (χ4v) is 3.91. The molecule has 1 saturated heterocycles. The minimum atomic E-state index is 0.268. The lowest BCUT2D eigenvalue weighted by molar-refractivity contribution is 0.117. The van der Waals surface area contributed by atoms with E-state index < -0.39 is 0 Å². The summed E-state index contributed by atoms with van der Waals surface area (Å²) < 4.78 is 0. The third-order valence-corrected chi connectivity index (χ3v) is 5.42. The summed E-state index contributed by atoms with van der Waals surface area (Å²) in [5.74, 6) is 1.10. The zero-order chi connectivity index (χ0) is 14.6. The van der Waals surface area contributed by atoms with Crippen LogP contribution < -0.4 is 0 Å². The number of piperazine rings is 1. The average Bonchev–Trinajstić information content (AvgIpc) is 2.48. The number of aliphatic imine (C=N–C) groups is 1. The van der Waals surface area contributed by atoms with E-state index in [1.165, 1.54) is 0 Å². The average molecular weight is 316 g/mol. The van der Waals surface area contributed by atoms with Gasteiger partial charge in [-0.3, -0.25) is 9.80 Å². The molecule has 6 heteroatoms. The second-order valence-corrected chi connectivity index (χ2v) is 6.89. The van der Waals surface area contributed by atoms with Crippen molar-refractivity contribution in [3.05, 3.63) is 23.8 Å². The Bertz CT molecular complexity index is 326. The van der Waals surface area contributed by atoms with Gasteiger partial charge in [-0.05, 0) is 17.7 Å². The maximum Gasteiger partial charge on any atom is 0.102 e. The number of allylic oxidation sites excluding steroid dienone is 2. The van der Waals surface area contributed by atoms with Crippen LogP contribution in [-0.4, -0.2) is 72.7 Å². The van der Waals surface area contributed by atoms with Crippen molar-refractivity contribution in [1.82, 2.24) is 9.80 Å². The van der Waals surface area contributed by atoms with Crippen LogP contribution in [0.1, 0.15) is 6.92 Å². The predicted octanol–water partition coefficient (Wildman–Crippen LogP) is 2.10. The predicted molar refractivity (Wildman–Crippen MR) is 92.5 cm³/mol. The molecule has 0 amide bonds. The number of nitrogens with zero attached hydrogens (tertiary/aromatic N) is 3. The lowest BCUT2D eigenvalue weighted by Gasteiger charge is -2.34. The van der Waals surface area contributed by atoms with Crippen molar-refractivity contribution in [2.45, 2.75) is 6.92 Å². The molecule has 1 aliphatic heterocycles. The summed E-state index contributed by atoms with van der Waals surface area (Å²) in [6, 6.07) is 0. The molecular weight excluding hydrogens is 290 g/mol. The quantitative estimate of drug-likeness (QED) is 0.401. The standard InChI is InChI=1S/C14H25N3OS2/c1-3-5-15-14(4-2)20-19-13-11-17-8-6-16(7-9-17)10-12-18/h3-5,18H,1,6-13H2,2H3/b14-4+,15-5-. The van der Waals surface area contributed by atoms with E-state index in [2.05, 4.69) is 21.4 Å². The number of aliphatic hydroxyl groups excluding tert-OH is 1. The van der Waals surface area contributed by atoms with Crippen LogP contribution in [0.15, 0.2) is 28.8 Å². The lowest BCUT2D eigenvalue weighted by atomic mass is 10.3. The van der Waals surface area contributed by atoms with Crippen LogP contribution in [0.5, 0.6) is 0 Å². The summed E-state index contributed by atoms with van der Waals surface area (Å²) in [7, 11) is 3.57. The molecule has 0 atom stereocenters. The van der Waals surface area contributed by atoms with Gasteiger partial charge in [-0.1, -0.05) is 29.5 Å². The molecule has 0 aromatic heterocycles. The van der Waals surface area contributed by atoms with Gasteiger partial charge in [-0.15, -0.1) is 0 Å². The van der Waals surface area contributed by atoms with Crippen molar-refractivity contribution < 1.29 is 5.11 Å². The first-order valence-corrected chi connectivity index (χ1v) is 9.28. The molecule has 0 aromatic rings. The number of hydrogen-bond donors (Lipinski definition) is 1. The Morgan fingerprint density at radius 2 is 1.90 bits per heavy atom. The summed E-state index contributed by atoms with van der Waals surface area (Å²) in [4.78, 5) is 9.10. The largest absolute Gasteiger partial charge is 0.395 e. The van der Waals surface area contributed by atoms with E-state index in [-0.39, 0.29) is 6.61 Å². The van der Waals surface area contributed by atoms with E-state index in [1.807, 2.05) is 23.8 Å². The highest BCUT2D eigenvalue weighted by atomic mass is 33.1. The molecule has 0 bridgehead atoms. The second-order valence-electron chi connectivity index (χ2n) is 4.45. The molecule has 1 rings (SSSR count). The molecule has 1 N–H and O–H groups in total. The first-order chi connectivity index (χ1) is 9.80. The Morgan fingerprint density at radius 3 is 2.45 bits per heavy atom. The van der Waals surface area contributed by atoms with Crippen molar-refractivity contribution in [2.24, 2.45) is 4.99 Å². The van der Waals surface area contributed by atoms with Crippen LogP contribution in [0.25, 0.3) is 0 Å². The van der Waals surface area contributed by atoms with E-state index in [0.29, 0.717) is 0 Å². The maximum absolute atomic E-state index is 8.91. The van der Waals surface area contributed by atoms with Crippen molar-refractivity contribution in [3.63, 3.8) is 0 Å². The number of β-amino-alcohol motifs (C(OH)–C–C–N with tert-alkyl or cyclic N) is 1. The summed E-state index contributed by atoms with van der Waals surface area (Å²) in [6.45, 7) is 12.2. The van der Waals surface area contributed by atoms with Crippen LogP contribution >= 0.6 is 21.6 Å². The Labute approximate surface area is 130 Å². The van der Waals surface area contributed by atoms with Gasteiger partial charge in [0.15, 0.2) is 0 Å². The molecule has 0 aliphatic carbocycles. The molecule has 0 spiro atoms. The molecule has 20 heavy (non-hydrogen) atoms. The highest BCUT2D eigenvalue weighted by Gasteiger charge is 2.15. The van der Waals surface area contributed by atoms with Gasteiger partial charge in [0.05, 0.1) is 6.61 Å². The maximum atomic E-state index is 8.91. The Morgan fingerprint density at radius 1 is 1.25 bits per heavy atom. The van der Waals surface area contributed by atoms with Crippen molar-refractivity contribution in [3.8, 4) is 0 Å². The monoisotopic (exact) mass is 315 g/mol. The fourth-order valence-electron chi connectivity index (χ4n) is 1.92. The molecule has 0 unspecified atom stereocenters. The molecular formula is C14H25N3OS2. The van der Waals surface area contributed by atoms with Gasteiger partial charge < -0.3 is 5.11 Å². The van der Waals surface area contributed by atoms with E-state index in [9.17, 15) is 0 Å². The van der Waals surface area contributed by atoms with E-state index in [1.54, 1.807) is 23.1 Å². The van der Waals surface area contributed by atoms with Crippen LogP contribution in [0.4, 0.5) is 0 Å². The minimum absolute atomic E-state index is 0.268. The van der Waals surface area contributed by atoms with Gasteiger partial charge in [0, 0.05) is 51.2 Å². The van der Waals surface area contributed by atoms with Crippen LogP contribution in [0.3, 0.4) is 0 Å². The van der Waals surface area contributed by atoms with Crippen molar-refractivity contribution in [2.75, 3.05) is 51.6 Å². The fraction of sp³-hybridized carbons (Fsp3) is 0.643.